The summed E-state index contributed by atoms with van der Waals surface area (Å²) in [7, 11) is 0. The van der Waals surface area contributed by atoms with Gasteiger partial charge in [0.2, 0.25) is 0 Å². The van der Waals surface area contributed by atoms with Crippen molar-refractivity contribution >= 4 is 12.2 Å². The summed E-state index contributed by atoms with van der Waals surface area (Å²) in [4.78, 5) is 0. The third-order valence-electron chi connectivity index (χ3n) is 3.42. The van der Waals surface area contributed by atoms with E-state index in [4.69, 9.17) is 0 Å². The lowest BCUT2D eigenvalue weighted by atomic mass is 10.0. The Morgan fingerprint density at radius 3 is 2.38 bits per heavy atom. The highest BCUT2D eigenvalue weighted by molar-refractivity contribution is 5.56. The van der Waals surface area contributed by atoms with Crippen LogP contribution in [0.5, 0.6) is 0 Å². The second-order valence-electron chi connectivity index (χ2n) is 4.55. The Morgan fingerprint density at radius 2 is 1.62 bits per heavy atom. The van der Waals surface area contributed by atoms with E-state index in [2.05, 4.69) is 64.1 Å². The number of allylic oxidation sites excluding steroid dienone is 4. The average molecular weight is 210 g/mol. The van der Waals surface area contributed by atoms with Gasteiger partial charge in [-0.2, -0.15) is 0 Å². The van der Waals surface area contributed by atoms with Crippen LogP contribution < -0.4 is 10.4 Å². The molecule has 82 valence electrons. The smallest absolute Gasteiger partial charge is 0.0152 e. The molecule has 1 aromatic rings. The van der Waals surface area contributed by atoms with E-state index in [9.17, 15) is 0 Å². The standard InChI is InChI=1S/C16H18/c1-11-6-5-7-16-14(4)12(2)8-9-15(16)10-13(11)3/h5-10H,1-4H3/b6-5-,7-5?,11-6?,13-10?,13-11-,15-10-,16-7-. The van der Waals surface area contributed by atoms with E-state index < -0.39 is 0 Å². The van der Waals surface area contributed by atoms with Gasteiger partial charge in [-0.1, -0.05) is 36.4 Å². The molecular formula is C16H18. The van der Waals surface area contributed by atoms with Crippen molar-refractivity contribution in [1.29, 1.82) is 0 Å². The Hall–Kier alpha value is -1.56. The van der Waals surface area contributed by atoms with Crippen LogP contribution in [-0.2, 0) is 0 Å². The van der Waals surface area contributed by atoms with Crippen LogP contribution in [0.3, 0.4) is 0 Å². The maximum atomic E-state index is 2.27. The third kappa shape index (κ3) is 1.88. The zero-order valence-electron chi connectivity index (χ0n) is 10.5. The van der Waals surface area contributed by atoms with Gasteiger partial charge in [-0.15, -0.1) is 0 Å². The minimum atomic E-state index is 1.32. The number of hydrogen-bond donors (Lipinski definition) is 0. The van der Waals surface area contributed by atoms with Crippen LogP contribution in [-0.4, -0.2) is 0 Å². The van der Waals surface area contributed by atoms with Crippen molar-refractivity contribution in [2.24, 2.45) is 0 Å². The van der Waals surface area contributed by atoms with Crippen molar-refractivity contribution < 1.29 is 0 Å². The molecule has 0 saturated heterocycles. The predicted molar refractivity (Wildman–Crippen MR) is 71.6 cm³/mol. The molecule has 0 fully saturated rings. The molecule has 0 unspecified atom stereocenters. The monoisotopic (exact) mass is 210 g/mol. The van der Waals surface area contributed by atoms with E-state index in [1.165, 1.54) is 32.7 Å². The van der Waals surface area contributed by atoms with E-state index >= 15 is 0 Å². The molecule has 0 heterocycles. The predicted octanol–water partition coefficient (Wildman–Crippen LogP) is 2.77. The summed E-state index contributed by atoms with van der Waals surface area (Å²) in [6.07, 6.45) is 8.81. The van der Waals surface area contributed by atoms with Crippen molar-refractivity contribution in [3.63, 3.8) is 0 Å². The first-order valence-corrected chi connectivity index (χ1v) is 5.73. The van der Waals surface area contributed by atoms with Crippen molar-refractivity contribution in [3.8, 4) is 0 Å². The van der Waals surface area contributed by atoms with Gasteiger partial charge in [0.1, 0.15) is 0 Å². The van der Waals surface area contributed by atoms with Crippen LogP contribution >= 0.6 is 0 Å². The molecule has 0 spiro atoms. The Kier molecular flexibility index (Phi) is 2.82. The fraction of sp³-hybridized carbons (Fsp3) is 0.250. The summed E-state index contributed by atoms with van der Waals surface area (Å²) in [6.45, 7) is 8.69. The van der Waals surface area contributed by atoms with E-state index in [1.54, 1.807) is 0 Å². The molecule has 1 aliphatic carbocycles. The molecule has 0 saturated carbocycles. The number of aryl methyl sites for hydroxylation is 1. The average Bonchev–Trinajstić information content (AvgIpc) is 2.25. The molecule has 16 heavy (non-hydrogen) atoms. The second kappa shape index (κ2) is 4.13. The molecule has 0 atom stereocenters. The maximum absolute atomic E-state index is 2.27. The van der Waals surface area contributed by atoms with Crippen molar-refractivity contribution in [1.82, 2.24) is 0 Å². The van der Waals surface area contributed by atoms with Gasteiger partial charge in [0.15, 0.2) is 0 Å². The van der Waals surface area contributed by atoms with Crippen LogP contribution in [0.4, 0.5) is 0 Å². The first kappa shape index (κ1) is 10.9. The molecule has 0 amide bonds. The number of hydrogen-bond acceptors (Lipinski definition) is 0. The van der Waals surface area contributed by atoms with E-state index in [1.807, 2.05) is 0 Å². The van der Waals surface area contributed by atoms with Gasteiger partial charge in [0, 0.05) is 0 Å². The van der Waals surface area contributed by atoms with E-state index in [0.717, 1.165) is 0 Å². The molecule has 0 N–H and O–H groups in total. The Labute approximate surface area is 97.3 Å². The quantitative estimate of drug-likeness (QED) is 0.617. The molecule has 0 radical (unpaired) electrons. The zero-order chi connectivity index (χ0) is 11.7. The van der Waals surface area contributed by atoms with Gasteiger partial charge in [0.25, 0.3) is 0 Å². The van der Waals surface area contributed by atoms with Gasteiger partial charge >= 0.3 is 0 Å². The molecule has 2 rings (SSSR count). The van der Waals surface area contributed by atoms with Crippen molar-refractivity contribution in [3.05, 3.63) is 57.0 Å². The molecule has 1 aromatic carbocycles. The van der Waals surface area contributed by atoms with Gasteiger partial charge in [-0.3, -0.25) is 0 Å². The lowest BCUT2D eigenvalue weighted by molar-refractivity contribution is 1.27. The molecular weight excluding hydrogens is 192 g/mol. The first-order chi connectivity index (χ1) is 7.59. The second-order valence-corrected chi connectivity index (χ2v) is 4.55. The van der Waals surface area contributed by atoms with Gasteiger partial charge in [-0.05, 0) is 60.4 Å². The molecule has 0 aliphatic heterocycles. The molecule has 0 bridgehead atoms. The number of rotatable bonds is 0. The zero-order valence-corrected chi connectivity index (χ0v) is 10.5. The van der Waals surface area contributed by atoms with E-state index in [-0.39, 0.29) is 0 Å². The fourth-order valence-electron chi connectivity index (χ4n) is 1.97. The van der Waals surface area contributed by atoms with Crippen LogP contribution in [0.15, 0.2) is 35.4 Å². The highest BCUT2D eigenvalue weighted by Crippen LogP contribution is 2.07. The van der Waals surface area contributed by atoms with E-state index in [0.29, 0.717) is 0 Å². The molecule has 0 heteroatoms. The molecule has 1 aliphatic rings. The Bertz CT molecular complexity index is 596. The van der Waals surface area contributed by atoms with Gasteiger partial charge in [0.05, 0.1) is 0 Å². The molecule has 0 nitrogen and oxygen atoms in total. The minimum absolute atomic E-state index is 1.32. The van der Waals surface area contributed by atoms with Crippen molar-refractivity contribution in [2.45, 2.75) is 27.7 Å². The highest BCUT2D eigenvalue weighted by atomic mass is 14.0. The first-order valence-electron chi connectivity index (χ1n) is 5.73. The lowest BCUT2D eigenvalue weighted by Crippen LogP contribution is -2.28. The number of benzene rings is 1. The van der Waals surface area contributed by atoms with Gasteiger partial charge in [-0.25, -0.2) is 0 Å². The lowest BCUT2D eigenvalue weighted by Gasteiger charge is -2.05. The summed E-state index contributed by atoms with van der Waals surface area (Å²) >= 11 is 0. The molecule has 0 aromatic heterocycles. The summed E-state index contributed by atoms with van der Waals surface area (Å²) in [5.41, 5.74) is 5.41. The summed E-state index contributed by atoms with van der Waals surface area (Å²) in [6, 6.07) is 4.41. The topological polar surface area (TPSA) is 0 Å². The summed E-state index contributed by atoms with van der Waals surface area (Å²) in [5, 5.41) is 2.67. The van der Waals surface area contributed by atoms with Crippen LogP contribution in [0, 0.1) is 13.8 Å². The SMILES string of the molecule is CC1=C(C)/C=c2/ccc(C)c(C)/c2=C/C=C\1. The largest absolute Gasteiger partial charge is 0.0614 e. The Morgan fingerprint density at radius 1 is 0.875 bits per heavy atom. The van der Waals surface area contributed by atoms with Crippen molar-refractivity contribution in [2.75, 3.05) is 0 Å². The van der Waals surface area contributed by atoms with Crippen LogP contribution in [0.1, 0.15) is 25.0 Å². The van der Waals surface area contributed by atoms with Crippen LogP contribution in [0.25, 0.3) is 12.2 Å². The summed E-state index contributed by atoms with van der Waals surface area (Å²) in [5.74, 6) is 0. The van der Waals surface area contributed by atoms with Gasteiger partial charge < -0.3 is 0 Å². The maximum Gasteiger partial charge on any atom is -0.0152 e. The number of fused-ring (bicyclic) bond motifs is 1. The van der Waals surface area contributed by atoms with Crippen LogP contribution in [0.2, 0.25) is 0 Å². The third-order valence-corrected chi connectivity index (χ3v) is 3.42. The Balaban J connectivity index is 2.88. The normalized spacial score (nSPS) is 25.5. The highest BCUT2D eigenvalue weighted by Gasteiger charge is 1.98. The fourth-order valence-corrected chi connectivity index (χ4v) is 1.97. The minimum Gasteiger partial charge on any atom is -0.0614 e. The summed E-state index contributed by atoms with van der Waals surface area (Å²) < 4.78 is 0.